The molecular formula is C28H35F2N3O4. The molecule has 0 bridgehead atoms. The summed E-state index contributed by atoms with van der Waals surface area (Å²) in [5.41, 5.74) is 1.37. The monoisotopic (exact) mass is 515 g/mol. The minimum absolute atomic E-state index is 0.0162. The Balaban J connectivity index is 1.43. The molecule has 1 unspecified atom stereocenters. The summed E-state index contributed by atoms with van der Waals surface area (Å²) in [6.45, 7) is 5.07. The van der Waals surface area contributed by atoms with Gasteiger partial charge >= 0.3 is 0 Å². The number of carbonyl (C=O) groups excluding carboxylic acids is 2. The number of amides is 2. The first kappa shape index (κ1) is 27.2. The van der Waals surface area contributed by atoms with Crippen LogP contribution in [0.1, 0.15) is 37.8 Å². The van der Waals surface area contributed by atoms with E-state index in [2.05, 4.69) is 10.6 Å². The smallest absolute Gasteiger partial charge is 0.225 e. The highest BCUT2D eigenvalue weighted by Gasteiger charge is 2.39. The molecule has 2 aromatic carbocycles. The molecule has 200 valence electrons. The summed E-state index contributed by atoms with van der Waals surface area (Å²) < 4.78 is 33.7. The van der Waals surface area contributed by atoms with Crippen molar-refractivity contribution in [3.05, 3.63) is 71.3 Å². The summed E-state index contributed by atoms with van der Waals surface area (Å²) in [6.07, 6.45) is -0.530. The summed E-state index contributed by atoms with van der Waals surface area (Å²) in [5.74, 6) is -2.44. The fourth-order valence-electron chi connectivity index (χ4n) is 5.14. The minimum Gasteiger partial charge on any atom is -0.389 e. The van der Waals surface area contributed by atoms with Crippen LogP contribution in [0.3, 0.4) is 0 Å². The molecule has 2 aromatic rings. The third-order valence-corrected chi connectivity index (χ3v) is 7.14. The molecule has 4 rings (SSSR count). The maximum atomic E-state index is 13.9. The van der Waals surface area contributed by atoms with Gasteiger partial charge in [-0.3, -0.25) is 9.59 Å². The molecule has 7 nitrogen and oxygen atoms in total. The third-order valence-electron chi connectivity index (χ3n) is 7.14. The number of nitrogens with zero attached hydrogens (tertiary/aromatic N) is 1. The van der Waals surface area contributed by atoms with Gasteiger partial charge in [0.25, 0.3) is 0 Å². The number of halogens is 2. The molecule has 2 aliphatic heterocycles. The second kappa shape index (κ2) is 12.1. The van der Waals surface area contributed by atoms with E-state index in [4.69, 9.17) is 4.74 Å². The number of aliphatic hydroxyl groups excluding tert-OH is 1. The molecule has 9 heteroatoms. The van der Waals surface area contributed by atoms with Crippen LogP contribution in [0.5, 0.6) is 0 Å². The number of hydrogen-bond donors (Lipinski definition) is 3. The number of benzene rings is 2. The maximum absolute atomic E-state index is 13.9. The molecule has 2 aliphatic rings. The van der Waals surface area contributed by atoms with Crippen molar-refractivity contribution in [2.45, 2.75) is 70.1 Å². The molecule has 2 amide bonds. The van der Waals surface area contributed by atoms with Gasteiger partial charge in [-0.15, -0.1) is 0 Å². The van der Waals surface area contributed by atoms with Gasteiger partial charge in [0.05, 0.1) is 30.8 Å². The first-order chi connectivity index (χ1) is 17.7. The van der Waals surface area contributed by atoms with Crippen LogP contribution in [0, 0.1) is 17.6 Å². The largest absolute Gasteiger partial charge is 0.389 e. The Labute approximate surface area is 216 Å². The molecule has 3 N–H and O–H groups in total. The van der Waals surface area contributed by atoms with Gasteiger partial charge in [-0.2, -0.15) is 0 Å². The second-order valence-electron chi connectivity index (χ2n) is 10.3. The lowest BCUT2D eigenvalue weighted by atomic mass is 9.94. The molecule has 0 aliphatic carbocycles. The quantitative estimate of drug-likeness (QED) is 0.453. The van der Waals surface area contributed by atoms with E-state index in [1.807, 2.05) is 44.2 Å². The van der Waals surface area contributed by atoms with E-state index in [9.17, 15) is 23.5 Å². The van der Waals surface area contributed by atoms with Crippen LogP contribution in [0.2, 0.25) is 0 Å². The van der Waals surface area contributed by atoms with Crippen molar-refractivity contribution in [1.82, 2.24) is 15.5 Å². The Bertz CT molecular complexity index is 1060. The van der Waals surface area contributed by atoms with Gasteiger partial charge in [-0.05, 0) is 49.9 Å². The first-order valence-electron chi connectivity index (χ1n) is 12.8. The van der Waals surface area contributed by atoms with Crippen LogP contribution in [0.4, 0.5) is 8.78 Å². The zero-order chi connectivity index (χ0) is 26.5. The predicted octanol–water partition coefficient (Wildman–Crippen LogP) is 2.56. The number of likely N-dealkylation sites (tertiary alicyclic amines) is 1. The van der Waals surface area contributed by atoms with Crippen LogP contribution in [0.15, 0.2) is 48.5 Å². The van der Waals surface area contributed by atoms with Gasteiger partial charge in [0.2, 0.25) is 11.8 Å². The molecule has 2 saturated heterocycles. The van der Waals surface area contributed by atoms with Crippen LogP contribution >= 0.6 is 0 Å². The standard InChI is InChI=1S/C28H35F2N3O4/c1-17(2)33-15-20(11-26(33)34)28(36)32-25(10-19-8-21(29)12-22(30)9-19)27(35)24-13-23(14-31-24)37-16-18-6-4-3-5-7-18/h3-9,12,17,20,23-25,27,31,35H,10-11,13-16H2,1-2H3,(H,32,36)/t20?,23-,24-,25+,27-/m1/s1. The van der Waals surface area contributed by atoms with Crippen molar-refractivity contribution >= 4 is 11.8 Å². The average molecular weight is 516 g/mol. The Kier molecular flexibility index (Phi) is 8.89. The van der Waals surface area contributed by atoms with E-state index in [1.165, 1.54) is 12.1 Å². The molecule has 0 aromatic heterocycles. The number of aliphatic hydroxyl groups is 1. The highest BCUT2D eigenvalue weighted by Crippen LogP contribution is 2.23. The summed E-state index contributed by atoms with van der Waals surface area (Å²) >= 11 is 0. The van der Waals surface area contributed by atoms with Gasteiger partial charge in [-0.1, -0.05) is 30.3 Å². The number of rotatable bonds is 10. The van der Waals surface area contributed by atoms with Crippen LogP contribution < -0.4 is 10.6 Å². The van der Waals surface area contributed by atoms with Crippen LogP contribution in [-0.2, 0) is 27.4 Å². The topological polar surface area (TPSA) is 90.9 Å². The lowest BCUT2D eigenvalue weighted by molar-refractivity contribution is -0.130. The molecule has 0 spiro atoms. The number of hydrogen-bond acceptors (Lipinski definition) is 5. The molecular weight excluding hydrogens is 480 g/mol. The number of ether oxygens (including phenoxy) is 1. The predicted molar refractivity (Wildman–Crippen MR) is 134 cm³/mol. The highest BCUT2D eigenvalue weighted by molar-refractivity contribution is 5.89. The molecule has 2 fully saturated rings. The average Bonchev–Trinajstić information content (AvgIpc) is 3.49. The van der Waals surface area contributed by atoms with Crippen molar-refractivity contribution < 1.29 is 28.2 Å². The fourth-order valence-corrected chi connectivity index (χ4v) is 5.14. The minimum atomic E-state index is -1.04. The van der Waals surface area contributed by atoms with E-state index in [0.29, 0.717) is 31.7 Å². The highest BCUT2D eigenvalue weighted by atomic mass is 19.1. The van der Waals surface area contributed by atoms with Gasteiger partial charge in [0.15, 0.2) is 0 Å². The summed E-state index contributed by atoms with van der Waals surface area (Å²) in [4.78, 5) is 27.1. The Hall–Kier alpha value is -2.88. The molecule has 0 saturated carbocycles. The Morgan fingerprint density at radius 3 is 2.51 bits per heavy atom. The van der Waals surface area contributed by atoms with E-state index >= 15 is 0 Å². The molecule has 0 radical (unpaired) electrons. The fraction of sp³-hybridized carbons (Fsp3) is 0.500. The van der Waals surface area contributed by atoms with Crippen molar-refractivity contribution in [3.8, 4) is 0 Å². The van der Waals surface area contributed by atoms with E-state index in [-0.39, 0.29) is 42.8 Å². The number of carbonyl (C=O) groups is 2. The lowest BCUT2D eigenvalue weighted by Crippen LogP contribution is -2.53. The molecule has 2 heterocycles. The maximum Gasteiger partial charge on any atom is 0.225 e. The van der Waals surface area contributed by atoms with Gasteiger partial charge in [-0.25, -0.2) is 8.78 Å². The van der Waals surface area contributed by atoms with Crippen molar-refractivity contribution in [2.75, 3.05) is 13.1 Å². The van der Waals surface area contributed by atoms with E-state index in [0.717, 1.165) is 11.6 Å². The third kappa shape index (κ3) is 7.12. The zero-order valence-corrected chi connectivity index (χ0v) is 21.2. The first-order valence-corrected chi connectivity index (χ1v) is 12.8. The van der Waals surface area contributed by atoms with Crippen molar-refractivity contribution in [1.29, 1.82) is 0 Å². The second-order valence-corrected chi connectivity index (χ2v) is 10.3. The zero-order valence-electron chi connectivity index (χ0n) is 21.2. The normalized spacial score (nSPS) is 23.5. The Morgan fingerprint density at radius 1 is 1.16 bits per heavy atom. The number of nitrogens with one attached hydrogen (secondary N) is 2. The van der Waals surface area contributed by atoms with Crippen molar-refractivity contribution in [2.24, 2.45) is 5.92 Å². The van der Waals surface area contributed by atoms with E-state index in [1.54, 1.807) is 4.90 Å². The van der Waals surface area contributed by atoms with Gasteiger partial charge in [0, 0.05) is 37.7 Å². The summed E-state index contributed by atoms with van der Waals surface area (Å²) in [7, 11) is 0. The molecule has 37 heavy (non-hydrogen) atoms. The van der Waals surface area contributed by atoms with Crippen LogP contribution in [0.25, 0.3) is 0 Å². The van der Waals surface area contributed by atoms with E-state index < -0.39 is 29.7 Å². The lowest BCUT2D eigenvalue weighted by Gasteiger charge is -2.30. The summed E-state index contributed by atoms with van der Waals surface area (Å²) in [5, 5.41) is 17.4. The SMILES string of the molecule is CC(C)N1CC(C(=O)N[C@@H](Cc2cc(F)cc(F)c2)[C@H](O)[C@H]2C[C@@H](OCc3ccccc3)CN2)CC1=O. The van der Waals surface area contributed by atoms with Gasteiger partial charge in [0.1, 0.15) is 11.6 Å². The molecule has 5 atom stereocenters. The Morgan fingerprint density at radius 2 is 1.86 bits per heavy atom. The summed E-state index contributed by atoms with van der Waals surface area (Å²) in [6, 6.07) is 11.7. The van der Waals surface area contributed by atoms with Gasteiger partial charge < -0.3 is 25.4 Å². The van der Waals surface area contributed by atoms with Crippen LogP contribution in [-0.4, -0.2) is 65.2 Å². The van der Waals surface area contributed by atoms with Crippen molar-refractivity contribution in [3.63, 3.8) is 0 Å².